The normalized spacial score (nSPS) is 19.8. The Morgan fingerprint density at radius 1 is 0.903 bits per heavy atom. The van der Waals surface area contributed by atoms with Crippen molar-refractivity contribution in [3.63, 3.8) is 0 Å². The smallest absolute Gasteiger partial charge is 0.225 e. The van der Waals surface area contributed by atoms with Crippen molar-refractivity contribution in [3.05, 3.63) is 60.2 Å². The molecule has 1 unspecified atom stereocenters. The van der Waals surface area contributed by atoms with E-state index in [1.54, 1.807) is 0 Å². The fourth-order valence-electron chi connectivity index (χ4n) is 4.54. The predicted octanol–water partition coefficient (Wildman–Crippen LogP) is 5.20. The zero-order valence-corrected chi connectivity index (χ0v) is 19.0. The Hall–Kier alpha value is -2.66. The van der Waals surface area contributed by atoms with Crippen molar-refractivity contribution in [1.82, 2.24) is 15.3 Å². The molecule has 0 spiro atoms. The van der Waals surface area contributed by atoms with Crippen molar-refractivity contribution in [3.8, 4) is 0 Å². The van der Waals surface area contributed by atoms with E-state index in [4.69, 9.17) is 9.97 Å². The molecule has 0 bridgehead atoms. The van der Waals surface area contributed by atoms with Crippen molar-refractivity contribution >= 4 is 22.7 Å². The summed E-state index contributed by atoms with van der Waals surface area (Å²) in [5, 5.41) is 8.49. The lowest BCUT2D eigenvalue weighted by atomic mass is 9.91. The molecule has 2 aromatic carbocycles. The van der Waals surface area contributed by atoms with E-state index in [0.717, 1.165) is 42.1 Å². The number of nitrogens with one attached hydrogen (secondary N) is 2. The van der Waals surface area contributed by atoms with E-state index in [2.05, 4.69) is 64.9 Å². The van der Waals surface area contributed by atoms with Crippen molar-refractivity contribution in [1.29, 1.82) is 0 Å². The molecule has 31 heavy (non-hydrogen) atoms. The van der Waals surface area contributed by atoms with Crippen LogP contribution in [0.3, 0.4) is 0 Å². The topological polar surface area (TPSA) is 53.1 Å². The van der Waals surface area contributed by atoms with Crippen LogP contribution < -0.4 is 15.5 Å². The fraction of sp³-hybridized carbons (Fsp3) is 0.462. The minimum absolute atomic E-state index is 0.442. The van der Waals surface area contributed by atoms with Gasteiger partial charge in [-0.2, -0.15) is 4.98 Å². The van der Waals surface area contributed by atoms with Crippen LogP contribution in [0.1, 0.15) is 50.5 Å². The highest BCUT2D eigenvalue weighted by Gasteiger charge is 2.22. The third kappa shape index (κ3) is 5.53. The molecule has 164 valence electrons. The standard InChI is InChI=1S/C26H35N5/c1-19(20-9-5-4-6-10-20)17-18-27-21-13-15-22(16-14-21)28-26-29-24-12-8-7-11-23(24)25(30-26)31(2)3/h4-12,19,21-22,27H,13-18H2,1-3H3,(H,28,29,30). The van der Waals surface area contributed by atoms with Gasteiger partial charge < -0.3 is 15.5 Å². The highest BCUT2D eigenvalue weighted by Crippen LogP contribution is 2.26. The first-order valence-corrected chi connectivity index (χ1v) is 11.6. The first kappa shape index (κ1) is 21.6. The van der Waals surface area contributed by atoms with Crippen LogP contribution in [0.2, 0.25) is 0 Å². The molecule has 1 aliphatic rings. The Balaban J connectivity index is 1.27. The molecule has 1 heterocycles. The second-order valence-corrected chi connectivity index (χ2v) is 9.03. The lowest BCUT2D eigenvalue weighted by molar-refractivity contribution is 0.349. The quantitative estimate of drug-likeness (QED) is 0.527. The maximum atomic E-state index is 4.80. The molecular formula is C26H35N5. The molecule has 0 amide bonds. The molecule has 1 aromatic heterocycles. The van der Waals surface area contributed by atoms with Gasteiger partial charge in [-0.05, 0) is 62.3 Å². The van der Waals surface area contributed by atoms with Crippen molar-refractivity contribution in [2.24, 2.45) is 0 Å². The van der Waals surface area contributed by atoms with Gasteiger partial charge in [-0.25, -0.2) is 4.98 Å². The summed E-state index contributed by atoms with van der Waals surface area (Å²) in [5.74, 6) is 2.31. The lowest BCUT2D eigenvalue weighted by Gasteiger charge is -2.30. The SMILES string of the molecule is CC(CCNC1CCC(Nc2nc(N(C)C)c3ccccc3n2)CC1)c1ccccc1. The van der Waals surface area contributed by atoms with Crippen molar-refractivity contribution < 1.29 is 0 Å². The Morgan fingerprint density at radius 3 is 2.32 bits per heavy atom. The summed E-state index contributed by atoms with van der Waals surface area (Å²) in [4.78, 5) is 11.6. The van der Waals surface area contributed by atoms with Crippen LogP contribution in [0.15, 0.2) is 54.6 Å². The number of rotatable bonds is 8. The van der Waals surface area contributed by atoms with Crippen LogP contribution in [-0.4, -0.2) is 42.7 Å². The summed E-state index contributed by atoms with van der Waals surface area (Å²) in [6.45, 7) is 3.40. The van der Waals surface area contributed by atoms with Crippen molar-refractivity contribution in [2.75, 3.05) is 30.9 Å². The van der Waals surface area contributed by atoms with Crippen LogP contribution in [0.25, 0.3) is 10.9 Å². The molecule has 5 heteroatoms. The number of benzene rings is 2. The largest absolute Gasteiger partial charge is 0.362 e. The molecular weight excluding hydrogens is 382 g/mol. The lowest BCUT2D eigenvalue weighted by Crippen LogP contribution is -2.37. The highest BCUT2D eigenvalue weighted by atomic mass is 15.2. The van der Waals surface area contributed by atoms with E-state index in [1.165, 1.54) is 24.8 Å². The van der Waals surface area contributed by atoms with E-state index < -0.39 is 0 Å². The molecule has 4 rings (SSSR count). The van der Waals surface area contributed by atoms with Gasteiger partial charge in [-0.15, -0.1) is 0 Å². The minimum Gasteiger partial charge on any atom is -0.362 e. The van der Waals surface area contributed by atoms with Gasteiger partial charge in [0.15, 0.2) is 0 Å². The van der Waals surface area contributed by atoms with Crippen LogP contribution in [-0.2, 0) is 0 Å². The van der Waals surface area contributed by atoms with Gasteiger partial charge in [0.05, 0.1) is 5.52 Å². The van der Waals surface area contributed by atoms with Crippen LogP contribution >= 0.6 is 0 Å². The van der Waals surface area contributed by atoms with Gasteiger partial charge in [-0.1, -0.05) is 49.4 Å². The maximum absolute atomic E-state index is 4.80. The Kier molecular flexibility index (Phi) is 7.03. The Bertz CT molecular complexity index is 964. The fourth-order valence-corrected chi connectivity index (χ4v) is 4.54. The van der Waals surface area contributed by atoms with E-state index in [0.29, 0.717) is 18.0 Å². The van der Waals surface area contributed by atoms with E-state index in [1.807, 2.05) is 26.2 Å². The van der Waals surface area contributed by atoms with E-state index in [9.17, 15) is 0 Å². The summed E-state index contributed by atoms with van der Waals surface area (Å²) in [6, 6.07) is 20.1. The molecule has 0 saturated heterocycles. The molecule has 1 saturated carbocycles. The van der Waals surface area contributed by atoms with E-state index in [-0.39, 0.29) is 0 Å². The molecule has 0 aliphatic heterocycles. The summed E-state index contributed by atoms with van der Waals surface area (Å²) < 4.78 is 0. The number of aromatic nitrogens is 2. The average molecular weight is 418 g/mol. The molecule has 5 nitrogen and oxygen atoms in total. The molecule has 1 fully saturated rings. The number of fused-ring (bicyclic) bond motifs is 1. The number of nitrogens with zero attached hydrogens (tertiary/aromatic N) is 3. The number of hydrogen-bond acceptors (Lipinski definition) is 5. The molecule has 1 atom stereocenters. The Morgan fingerprint density at radius 2 is 1.58 bits per heavy atom. The molecule has 3 aromatic rings. The zero-order chi connectivity index (χ0) is 21.6. The van der Waals surface area contributed by atoms with Gasteiger partial charge in [-0.3, -0.25) is 0 Å². The third-order valence-corrected chi connectivity index (χ3v) is 6.45. The molecule has 0 radical (unpaired) electrons. The number of para-hydroxylation sites is 1. The Labute approximate surface area is 186 Å². The van der Waals surface area contributed by atoms with Crippen molar-refractivity contribution in [2.45, 2.75) is 57.0 Å². The van der Waals surface area contributed by atoms with E-state index >= 15 is 0 Å². The third-order valence-electron chi connectivity index (χ3n) is 6.45. The van der Waals surface area contributed by atoms with Gasteiger partial charge in [0, 0.05) is 31.6 Å². The monoisotopic (exact) mass is 417 g/mol. The van der Waals surface area contributed by atoms with Crippen LogP contribution in [0.4, 0.5) is 11.8 Å². The number of hydrogen-bond donors (Lipinski definition) is 2. The molecule has 1 aliphatic carbocycles. The first-order chi connectivity index (χ1) is 15.1. The van der Waals surface area contributed by atoms with Crippen LogP contribution in [0, 0.1) is 0 Å². The second-order valence-electron chi connectivity index (χ2n) is 9.03. The van der Waals surface area contributed by atoms with Gasteiger partial charge in [0.2, 0.25) is 5.95 Å². The summed E-state index contributed by atoms with van der Waals surface area (Å²) in [5.41, 5.74) is 2.43. The van der Waals surface area contributed by atoms with Gasteiger partial charge in [0.25, 0.3) is 0 Å². The molecule has 2 N–H and O–H groups in total. The van der Waals surface area contributed by atoms with Gasteiger partial charge in [0.1, 0.15) is 5.82 Å². The summed E-state index contributed by atoms with van der Waals surface area (Å²) in [6.07, 6.45) is 5.89. The zero-order valence-electron chi connectivity index (χ0n) is 19.0. The minimum atomic E-state index is 0.442. The number of anilines is 2. The predicted molar refractivity (Wildman–Crippen MR) is 131 cm³/mol. The summed E-state index contributed by atoms with van der Waals surface area (Å²) in [7, 11) is 4.07. The highest BCUT2D eigenvalue weighted by molar-refractivity contribution is 5.90. The average Bonchev–Trinajstić information content (AvgIpc) is 2.80. The first-order valence-electron chi connectivity index (χ1n) is 11.6. The second kappa shape index (κ2) is 10.1. The summed E-state index contributed by atoms with van der Waals surface area (Å²) >= 11 is 0. The van der Waals surface area contributed by atoms with Gasteiger partial charge >= 0.3 is 0 Å². The maximum Gasteiger partial charge on any atom is 0.225 e. The van der Waals surface area contributed by atoms with Crippen LogP contribution in [0.5, 0.6) is 0 Å².